The van der Waals surface area contributed by atoms with Gasteiger partial charge in [-0.15, -0.1) is 0 Å². The Kier molecular flexibility index (Phi) is 5.83. The molecule has 0 aromatic heterocycles. The van der Waals surface area contributed by atoms with Crippen LogP contribution >= 0.6 is 0 Å². The molecule has 1 rings (SSSR count). The molecule has 0 aliphatic rings. The molecule has 0 saturated heterocycles. The number of carbonyl (C=O) groups excluding carboxylic acids is 1. The van der Waals surface area contributed by atoms with E-state index in [-0.39, 0.29) is 18.4 Å². The highest BCUT2D eigenvalue weighted by Gasteiger charge is 2.15. The van der Waals surface area contributed by atoms with Gasteiger partial charge in [0.1, 0.15) is 11.5 Å². The van der Waals surface area contributed by atoms with Gasteiger partial charge in [0.25, 0.3) is 5.91 Å². The molecule has 0 fully saturated rings. The molecule has 0 radical (unpaired) electrons. The zero-order valence-corrected chi connectivity index (χ0v) is 11.8. The molecule has 0 spiro atoms. The van der Waals surface area contributed by atoms with E-state index in [0.29, 0.717) is 23.5 Å². The van der Waals surface area contributed by atoms with Crippen molar-refractivity contribution in [1.82, 2.24) is 5.32 Å². The van der Waals surface area contributed by atoms with Crippen LogP contribution < -0.4 is 14.8 Å². The maximum Gasteiger partial charge on any atom is 0.303 e. The monoisotopic (exact) mass is 281 g/mol. The minimum Gasteiger partial charge on any atom is -0.497 e. The quantitative estimate of drug-likeness (QED) is 0.794. The lowest BCUT2D eigenvalue weighted by atomic mass is 10.1. The van der Waals surface area contributed by atoms with Gasteiger partial charge < -0.3 is 19.9 Å². The van der Waals surface area contributed by atoms with Crippen molar-refractivity contribution >= 4 is 11.9 Å². The fourth-order valence-corrected chi connectivity index (χ4v) is 1.70. The highest BCUT2D eigenvalue weighted by molar-refractivity contribution is 5.97. The van der Waals surface area contributed by atoms with Crippen molar-refractivity contribution in [3.8, 4) is 11.5 Å². The Balaban J connectivity index is 2.74. The summed E-state index contributed by atoms with van der Waals surface area (Å²) in [6.07, 6.45) is 0.390. The lowest BCUT2D eigenvalue weighted by molar-refractivity contribution is -0.137. The van der Waals surface area contributed by atoms with E-state index in [2.05, 4.69) is 5.32 Å². The molecule has 6 heteroatoms. The van der Waals surface area contributed by atoms with E-state index in [1.54, 1.807) is 25.1 Å². The Morgan fingerprint density at radius 3 is 2.55 bits per heavy atom. The average Bonchev–Trinajstić information content (AvgIpc) is 2.44. The zero-order valence-electron chi connectivity index (χ0n) is 11.8. The topological polar surface area (TPSA) is 84.9 Å². The van der Waals surface area contributed by atoms with Crippen LogP contribution in [0, 0.1) is 0 Å². The number of rotatable bonds is 7. The summed E-state index contributed by atoms with van der Waals surface area (Å²) in [6.45, 7) is 1.76. The van der Waals surface area contributed by atoms with Gasteiger partial charge >= 0.3 is 5.97 Å². The number of benzene rings is 1. The number of nitrogens with one attached hydrogen (secondary N) is 1. The van der Waals surface area contributed by atoms with Crippen molar-refractivity contribution in [1.29, 1.82) is 0 Å². The second-order valence-electron chi connectivity index (χ2n) is 4.37. The van der Waals surface area contributed by atoms with Crippen LogP contribution in [0.1, 0.15) is 30.1 Å². The van der Waals surface area contributed by atoms with E-state index in [1.807, 2.05) is 0 Å². The Bertz CT molecular complexity index is 486. The van der Waals surface area contributed by atoms with E-state index in [9.17, 15) is 9.59 Å². The van der Waals surface area contributed by atoms with Crippen LogP contribution in [0.2, 0.25) is 0 Å². The number of hydrogen-bond acceptors (Lipinski definition) is 4. The van der Waals surface area contributed by atoms with Crippen molar-refractivity contribution in [3.05, 3.63) is 23.8 Å². The second-order valence-corrected chi connectivity index (χ2v) is 4.37. The average molecular weight is 281 g/mol. The molecule has 1 unspecified atom stereocenters. The van der Waals surface area contributed by atoms with Crippen molar-refractivity contribution in [2.75, 3.05) is 14.2 Å². The summed E-state index contributed by atoms with van der Waals surface area (Å²) in [7, 11) is 3.00. The number of aliphatic carboxylic acids is 1. The highest BCUT2D eigenvalue weighted by atomic mass is 16.5. The van der Waals surface area contributed by atoms with Gasteiger partial charge in [0.15, 0.2) is 0 Å². The van der Waals surface area contributed by atoms with E-state index in [4.69, 9.17) is 14.6 Å². The van der Waals surface area contributed by atoms with Crippen molar-refractivity contribution < 1.29 is 24.2 Å². The number of methoxy groups -OCH3 is 2. The van der Waals surface area contributed by atoms with Crippen LogP contribution in [0.3, 0.4) is 0 Å². The maximum atomic E-state index is 12.1. The third-order valence-electron chi connectivity index (χ3n) is 2.82. The Labute approximate surface area is 117 Å². The second kappa shape index (κ2) is 7.37. The fourth-order valence-electron chi connectivity index (χ4n) is 1.70. The number of carbonyl (C=O) groups is 2. The number of ether oxygens (including phenoxy) is 2. The molecular weight excluding hydrogens is 262 g/mol. The molecule has 0 aliphatic carbocycles. The van der Waals surface area contributed by atoms with Crippen LogP contribution in [0.15, 0.2) is 18.2 Å². The Morgan fingerprint density at radius 1 is 1.30 bits per heavy atom. The predicted molar refractivity (Wildman–Crippen MR) is 73.3 cm³/mol. The smallest absolute Gasteiger partial charge is 0.303 e. The number of amides is 1. The van der Waals surface area contributed by atoms with Crippen LogP contribution in [0.5, 0.6) is 11.5 Å². The van der Waals surface area contributed by atoms with Gasteiger partial charge in [-0.2, -0.15) is 0 Å². The van der Waals surface area contributed by atoms with Gasteiger partial charge in [-0.05, 0) is 25.5 Å². The Hall–Kier alpha value is -2.24. The molecule has 2 N–H and O–H groups in total. The molecule has 1 amide bonds. The van der Waals surface area contributed by atoms with E-state index in [0.717, 1.165) is 0 Å². The normalized spacial score (nSPS) is 11.6. The van der Waals surface area contributed by atoms with Crippen molar-refractivity contribution in [2.24, 2.45) is 0 Å². The van der Waals surface area contributed by atoms with Gasteiger partial charge in [-0.3, -0.25) is 9.59 Å². The lowest BCUT2D eigenvalue weighted by Crippen LogP contribution is -2.33. The highest BCUT2D eigenvalue weighted by Crippen LogP contribution is 2.24. The van der Waals surface area contributed by atoms with E-state index < -0.39 is 5.97 Å². The standard InChI is InChI=1S/C14H19NO5/c1-9(4-7-13(16)17)15-14(18)11-6-5-10(19-2)8-12(11)20-3/h5-6,8-9H,4,7H2,1-3H3,(H,15,18)(H,16,17). The van der Waals surface area contributed by atoms with Gasteiger partial charge in [0.05, 0.1) is 19.8 Å². The van der Waals surface area contributed by atoms with Crippen LogP contribution in [0.4, 0.5) is 0 Å². The summed E-state index contributed by atoms with van der Waals surface area (Å²) in [5.41, 5.74) is 0.385. The third kappa shape index (κ3) is 4.46. The summed E-state index contributed by atoms with van der Waals surface area (Å²) < 4.78 is 10.2. The minimum atomic E-state index is -0.881. The van der Waals surface area contributed by atoms with Crippen molar-refractivity contribution in [3.63, 3.8) is 0 Å². The third-order valence-corrected chi connectivity index (χ3v) is 2.82. The van der Waals surface area contributed by atoms with Gasteiger partial charge in [-0.25, -0.2) is 0 Å². The molecule has 1 atom stereocenters. The first-order valence-electron chi connectivity index (χ1n) is 6.22. The van der Waals surface area contributed by atoms with Crippen LogP contribution in [-0.2, 0) is 4.79 Å². The fraction of sp³-hybridized carbons (Fsp3) is 0.429. The van der Waals surface area contributed by atoms with Gasteiger partial charge in [0.2, 0.25) is 0 Å². The summed E-state index contributed by atoms with van der Waals surface area (Å²) in [4.78, 5) is 22.6. The molecule has 1 aromatic rings. The summed E-state index contributed by atoms with van der Waals surface area (Å²) in [5, 5.41) is 11.3. The first-order chi connectivity index (χ1) is 9.47. The summed E-state index contributed by atoms with van der Waals surface area (Å²) in [6, 6.07) is 4.66. The molecular formula is C14H19NO5. The number of hydrogen-bond donors (Lipinski definition) is 2. The maximum absolute atomic E-state index is 12.1. The van der Waals surface area contributed by atoms with E-state index >= 15 is 0 Å². The van der Waals surface area contributed by atoms with E-state index in [1.165, 1.54) is 14.2 Å². The molecule has 0 aliphatic heterocycles. The SMILES string of the molecule is COc1ccc(C(=O)NC(C)CCC(=O)O)c(OC)c1. The predicted octanol–water partition coefficient (Wildman–Crippen LogP) is 1.69. The van der Waals surface area contributed by atoms with Crippen LogP contribution in [0.25, 0.3) is 0 Å². The lowest BCUT2D eigenvalue weighted by Gasteiger charge is -2.15. The van der Waals surface area contributed by atoms with Crippen LogP contribution in [-0.4, -0.2) is 37.2 Å². The molecule has 0 bridgehead atoms. The number of carboxylic acid groups (broad SMARTS) is 1. The first kappa shape index (κ1) is 15.8. The van der Waals surface area contributed by atoms with Gasteiger partial charge in [0, 0.05) is 18.5 Å². The minimum absolute atomic E-state index is 0.0151. The molecule has 0 saturated carbocycles. The summed E-state index contributed by atoms with van der Waals surface area (Å²) in [5.74, 6) is -0.180. The number of carboxylic acids is 1. The van der Waals surface area contributed by atoms with Crippen molar-refractivity contribution in [2.45, 2.75) is 25.8 Å². The molecule has 20 heavy (non-hydrogen) atoms. The summed E-state index contributed by atoms with van der Waals surface area (Å²) >= 11 is 0. The largest absolute Gasteiger partial charge is 0.497 e. The Morgan fingerprint density at radius 2 is 2.00 bits per heavy atom. The molecule has 6 nitrogen and oxygen atoms in total. The molecule has 0 heterocycles. The first-order valence-corrected chi connectivity index (χ1v) is 6.22. The van der Waals surface area contributed by atoms with Gasteiger partial charge in [-0.1, -0.05) is 0 Å². The molecule has 1 aromatic carbocycles. The zero-order chi connectivity index (χ0) is 15.1. The molecule has 110 valence electrons.